The minimum atomic E-state index is -0.976. The predicted molar refractivity (Wildman–Crippen MR) is 100 cm³/mol. The van der Waals surface area contributed by atoms with E-state index in [9.17, 15) is 9.59 Å². The number of aromatic nitrogens is 2. The van der Waals surface area contributed by atoms with E-state index in [4.69, 9.17) is 0 Å². The number of hydrogen-bond donors (Lipinski definition) is 1. The summed E-state index contributed by atoms with van der Waals surface area (Å²) < 4.78 is 1.79. The second-order valence-corrected chi connectivity index (χ2v) is 7.90. The maximum absolute atomic E-state index is 13.7. The molecule has 2 aliphatic heterocycles. The summed E-state index contributed by atoms with van der Waals surface area (Å²) in [6.45, 7) is 8.84. The number of fused-ring (bicyclic) bond motifs is 4. The number of benzene rings is 1. The summed E-state index contributed by atoms with van der Waals surface area (Å²) in [4.78, 5) is 28.1. The van der Waals surface area contributed by atoms with Crippen LogP contribution in [-0.4, -0.2) is 28.1 Å². The molecule has 6 nitrogen and oxygen atoms in total. The van der Waals surface area contributed by atoms with Crippen LogP contribution in [0.4, 0.5) is 11.5 Å². The molecule has 0 radical (unpaired) electrons. The lowest BCUT2D eigenvalue weighted by Crippen LogP contribution is -2.47. The van der Waals surface area contributed by atoms with Gasteiger partial charge in [-0.3, -0.25) is 9.59 Å². The fraction of sp³-hybridized carbons (Fsp3) is 0.450. The van der Waals surface area contributed by atoms with E-state index in [1.807, 2.05) is 43.0 Å². The molecule has 6 heteroatoms. The monoisotopic (exact) mass is 352 g/mol. The number of para-hydroxylation sites is 1. The fourth-order valence-electron chi connectivity index (χ4n) is 4.21. The van der Waals surface area contributed by atoms with Gasteiger partial charge in [-0.2, -0.15) is 5.10 Å². The summed E-state index contributed by atoms with van der Waals surface area (Å²) in [6, 6.07) is 7.92. The smallest absolute Gasteiger partial charge is 0.242 e. The molecular formula is C20H24N4O2. The molecule has 2 amide bonds. The van der Waals surface area contributed by atoms with Gasteiger partial charge in [0.05, 0.1) is 6.20 Å². The molecule has 0 fully saturated rings. The van der Waals surface area contributed by atoms with Crippen molar-refractivity contribution in [1.82, 2.24) is 9.78 Å². The minimum Gasteiger partial charge on any atom is -0.311 e. The molecule has 2 aromatic rings. The molecule has 2 aliphatic rings. The summed E-state index contributed by atoms with van der Waals surface area (Å²) in [5.41, 5.74) is 1.64. The van der Waals surface area contributed by atoms with Crippen LogP contribution in [0.2, 0.25) is 0 Å². The van der Waals surface area contributed by atoms with Gasteiger partial charge in [0, 0.05) is 30.3 Å². The van der Waals surface area contributed by atoms with Crippen LogP contribution in [0.15, 0.2) is 30.5 Å². The van der Waals surface area contributed by atoms with Crippen LogP contribution in [0, 0.1) is 5.92 Å². The van der Waals surface area contributed by atoms with Gasteiger partial charge in [-0.25, -0.2) is 4.68 Å². The molecule has 1 aromatic carbocycles. The fourth-order valence-corrected chi connectivity index (χ4v) is 4.21. The third-order valence-corrected chi connectivity index (χ3v) is 5.24. The van der Waals surface area contributed by atoms with Crippen molar-refractivity contribution in [3.8, 4) is 0 Å². The molecule has 0 saturated carbocycles. The Kier molecular flexibility index (Phi) is 3.68. The van der Waals surface area contributed by atoms with Crippen molar-refractivity contribution in [2.75, 3.05) is 16.8 Å². The summed E-state index contributed by atoms with van der Waals surface area (Å²) >= 11 is 0. The van der Waals surface area contributed by atoms with Gasteiger partial charge in [-0.15, -0.1) is 0 Å². The van der Waals surface area contributed by atoms with Crippen LogP contribution < -0.4 is 10.2 Å². The van der Waals surface area contributed by atoms with Gasteiger partial charge < -0.3 is 10.2 Å². The van der Waals surface area contributed by atoms with Crippen molar-refractivity contribution < 1.29 is 9.59 Å². The number of carbonyl (C=O) groups is 2. The molecule has 4 rings (SSSR count). The first-order chi connectivity index (χ1) is 12.4. The zero-order chi connectivity index (χ0) is 18.6. The number of rotatable bonds is 3. The van der Waals surface area contributed by atoms with Crippen LogP contribution >= 0.6 is 0 Å². The number of carbonyl (C=O) groups excluding carboxylic acids is 2. The summed E-state index contributed by atoms with van der Waals surface area (Å²) in [7, 11) is 0. The number of anilines is 2. The van der Waals surface area contributed by atoms with Crippen molar-refractivity contribution >= 4 is 23.3 Å². The van der Waals surface area contributed by atoms with Crippen LogP contribution in [0.1, 0.15) is 51.3 Å². The average molecular weight is 352 g/mol. The van der Waals surface area contributed by atoms with Crippen molar-refractivity contribution in [3.05, 3.63) is 41.6 Å². The molecule has 0 saturated heterocycles. The Labute approximate surface area is 153 Å². The first-order valence-electron chi connectivity index (χ1n) is 9.15. The summed E-state index contributed by atoms with van der Waals surface area (Å²) in [5.74, 6) is 0.810. The number of nitrogens with zero attached hydrogens (tertiary/aromatic N) is 3. The van der Waals surface area contributed by atoms with Crippen LogP contribution in [-0.2, 0) is 15.0 Å². The topological polar surface area (TPSA) is 67.2 Å². The van der Waals surface area contributed by atoms with Crippen molar-refractivity contribution in [2.45, 2.75) is 45.6 Å². The highest BCUT2D eigenvalue weighted by Gasteiger charge is 2.57. The Morgan fingerprint density at radius 3 is 2.58 bits per heavy atom. The lowest BCUT2D eigenvalue weighted by atomic mass is 9.72. The summed E-state index contributed by atoms with van der Waals surface area (Å²) in [6.07, 6.45) is 1.87. The van der Waals surface area contributed by atoms with Gasteiger partial charge in [0.2, 0.25) is 11.8 Å². The Hall–Kier alpha value is -2.63. The Balaban J connectivity index is 1.97. The third kappa shape index (κ3) is 2.14. The van der Waals surface area contributed by atoms with Crippen molar-refractivity contribution in [3.63, 3.8) is 0 Å². The Morgan fingerprint density at radius 1 is 1.15 bits per heavy atom. The molecule has 1 N–H and O–H groups in total. The molecular weight excluding hydrogens is 328 g/mol. The molecule has 136 valence electrons. The molecule has 1 spiro atoms. The first-order valence-corrected chi connectivity index (χ1v) is 9.15. The average Bonchev–Trinajstić information content (AvgIpc) is 3.10. The summed E-state index contributed by atoms with van der Waals surface area (Å²) in [5, 5.41) is 7.41. The standard InChI is InChI=1S/C20H24N4O2/c1-12(2)11-23-16-8-6-5-7-14(16)20(19(23)26)9-17(25)22-18-15(20)10-21-24(18)13(3)4/h5-8,10,12-13H,9,11H2,1-4H3,(H,22,25)/t20-/m1/s1. The van der Waals surface area contributed by atoms with E-state index in [0.29, 0.717) is 18.3 Å². The van der Waals surface area contributed by atoms with E-state index in [1.165, 1.54) is 0 Å². The maximum atomic E-state index is 13.7. The predicted octanol–water partition coefficient (Wildman–Crippen LogP) is 3.09. The Bertz CT molecular complexity index is 899. The largest absolute Gasteiger partial charge is 0.311 e. The second kappa shape index (κ2) is 5.69. The SMILES string of the molecule is CC(C)CN1C(=O)[C@]2(CC(=O)Nc3c2cnn3C(C)C)c2ccccc21. The van der Waals surface area contributed by atoms with Crippen LogP contribution in [0.25, 0.3) is 0 Å². The van der Waals surface area contributed by atoms with E-state index >= 15 is 0 Å². The molecule has 1 aromatic heterocycles. The molecule has 1 atom stereocenters. The van der Waals surface area contributed by atoms with E-state index in [1.54, 1.807) is 10.9 Å². The number of nitrogens with one attached hydrogen (secondary N) is 1. The maximum Gasteiger partial charge on any atom is 0.242 e. The van der Waals surface area contributed by atoms with Crippen molar-refractivity contribution in [2.24, 2.45) is 5.92 Å². The van der Waals surface area contributed by atoms with Gasteiger partial charge in [-0.1, -0.05) is 32.0 Å². The highest BCUT2D eigenvalue weighted by molar-refractivity contribution is 6.15. The lowest BCUT2D eigenvalue weighted by molar-refractivity contribution is -0.126. The van der Waals surface area contributed by atoms with Gasteiger partial charge in [0.1, 0.15) is 11.2 Å². The molecule has 0 bridgehead atoms. The van der Waals surface area contributed by atoms with Crippen LogP contribution in [0.5, 0.6) is 0 Å². The van der Waals surface area contributed by atoms with Gasteiger partial charge in [-0.05, 0) is 31.4 Å². The molecule has 3 heterocycles. The van der Waals surface area contributed by atoms with E-state index in [2.05, 4.69) is 24.3 Å². The molecule has 26 heavy (non-hydrogen) atoms. The minimum absolute atomic E-state index is 0.0215. The normalized spacial score (nSPS) is 21.5. The van der Waals surface area contributed by atoms with Crippen molar-refractivity contribution in [1.29, 1.82) is 0 Å². The van der Waals surface area contributed by atoms with E-state index in [0.717, 1.165) is 16.8 Å². The molecule has 0 unspecified atom stereocenters. The van der Waals surface area contributed by atoms with Crippen LogP contribution in [0.3, 0.4) is 0 Å². The van der Waals surface area contributed by atoms with Gasteiger partial charge in [0.25, 0.3) is 0 Å². The highest BCUT2D eigenvalue weighted by atomic mass is 16.2. The Morgan fingerprint density at radius 2 is 1.88 bits per heavy atom. The van der Waals surface area contributed by atoms with Gasteiger partial charge in [0.15, 0.2) is 0 Å². The number of hydrogen-bond acceptors (Lipinski definition) is 3. The van der Waals surface area contributed by atoms with Gasteiger partial charge >= 0.3 is 0 Å². The third-order valence-electron chi connectivity index (χ3n) is 5.24. The van der Waals surface area contributed by atoms with E-state index in [-0.39, 0.29) is 24.3 Å². The zero-order valence-electron chi connectivity index (χ0n) is 15.6. The number of amides is 2. The molecule has 0 aliphatic carbocycles. The highest BCUT2D eigenvalue weighted by Crippen LogP contribution is 2.52. The zero-order valence-corrected chi connectivity index (χ0v) is 15.6. The quantitative estimate of drug-likeness (QED) is 0.923. The lowest BCUT2D eigenvalue weighted by Gasteiger charge is -2.33. The van der Waals surface area contributed by atoms with E-state index < -0.39 is 5.41 Å². The second-order valence-electron chi connectivity index (χ2n) is 7.90. The first kappa shape index (κ1) is 16.8.